The first-order valence-corrected chi connectivity index (χ1v) is 7.74. The fourth-order valence-corrected chi connectivity index (χ4v) is 2.68. The summed E-state index contributed by atoms with van der Waals surface area (Å²) in [6.45, 7) is 1.88. The predicted molar refractivity (Wildman–Crippen MR) is 86.0 cm³/mol. The quantitative estimate of drug-likeness (QED) is 0.714. The predicted octanol–water partition coefficient (Wildman–Crippen LogP) is 1.72. The first-order valence-electron chi connectivity index (χ1n) is 6.96. The lowest BCUT2D eigenvalue weighted by Crippen LogP contribution is -2.42. The Labute approximate surface area is 135 Å². The van der Waals surface area contributed by atoms with E-state index >= 15 is 0 Å². The molecule has 3 aromatic rings. The van der Waals surface area contributed by atoms with Gasteiger partial charge in [0.15, 0.2) is 0 Å². The number of carbonyl (C=O) groups excluding carboxylic acids is 2. The summed E-state index contributed by atoms with van der Waals surface area (Å²) in [7, 11) is 0. The second kappa shape index (κ2) is 6.49. The molecule has 3 rings (SSSR count). The van der Waals surface area contributed by atoms with Gasteiger partial charge in [0.1, 0.15) is 10.6 Å². The number of aromatic nitrogens is 3. The molecule has 8 heteroatoms. The number of hydrazine groups is 1. The molecular weight excluding hydrogens is 314 g/mol. The Morgan fingerprint density at radius 1 is 1.09 bits per heavy atom. The second-order valence-electron chi connectivity index (χ2n) is 4.70. The third-order valence-corrected chi connectivity index (χ3v) is 3.98. The van der Waals surface area contributed by atoms with Crippen molar-refractivity contribution in [2.45, 2.75) is 13.3 Å². The fourth-order valence-electron chi connectivity index (χ4n) is 2.04. The van der Waals surface area contributed by atoms with E-state index in [1.54, 1.807) is 12.1 Å². The van der Waals surface area contributed by atoms with E-state index in [0.29, 0.717) is 22.5 Å². The molecule has 23 heavy (non-hydrogen) atoms. The van der Waals surface area contributed by atoms with Gasteiger partial charge in [-0.3, -0.25) is 20.4 Å². The van der Waals surface area contributed by atoms with Crippen molar-refractivity contribution in [2.24, 2.45) is 0 Å². The topological polar surface area (TPSA) is 96.9 Å². The molecule has 0 saturated heterocycles. The van der Waals surface area contributed by atoms with Gasteiger partial charge in [0.2, 0.25) is 0 Å². The summed E-state index contributed by atoms with van der Waals surface area (Å²) in [5, 5.41) is 4.80. The van der Waals surface area contributed by atoms with Gasteiger partial charge in [-0.25, -0.2) is 4.98 Å². The third kappa shape index (κ3) is 3.16. The number of hydrogen-bond donors (Lipinski definition) is 2. The van der Waals surface area contributed by atoms with Crippen LogP contribution in [0, 0.1) is 0 Å². The van der Waals surface area contributed by atoms with Crippen molar-refractivity contribution in [1.82, 2.24) is 25.4 Å². The highest BCUT2D eigenvalue weighted by atomic mass is 32.1. The maximum Gasteiger partial charge on any atom is 0.288 e. The number of rotatable bonds is 3. The Bertz CT molecular complexity index is 877. The molecule has 0 aliphatic heterocycles. The zero-order valence-electron chi connectivity index (χ0n) is 12.2. The fraction of sp³-hybridized carbons (Fsp3) is 0.133. The highest BCUT2D eigenvalue weighted by Gasteiger charge is 2.16. The summed E-state index contributed by atoms with van der Waals surface area (Å²) in [4.78, 5) is 28.8. The van der Waals surface area contributed by atoms with E-state index in [4.69, 9.17) is 0 Å². The van der Waals surface area contributed by atoms with Crippen LogP contribution in [-0.4, -0.2) is 26.4 Å². The molecule has 0 aliphatic carbocycles. The summed E-state index contributed by atoms with van der Waals surface area (Å²) in [6, 6.07) is 10.9. The first kappa shape index (κ1) is 15.0. The maximum atomic E-state index is 12.1. The molecule has 1 aromatic carbocycles. The monoisotopic (exact) mass is 327 g/mol. The number of nitrogens with one attached hydrogen (secondary N) is 2. The van der Waals surface area contributed by atoms with Crippen LogP contribution < -0.4 is 10.9 Å². The summed E-state index contributed by atoms with van der Waals surface area (Å²) in [5.74, 6) is -0.925. The van der Waals surface area contributed by atoms with E-state index in [1.807, 2.05) is 31.2 Å². The molecule has 0 bridgehead atoms. The van der Waals surface area contributed by atoms with Crippen LogP contribution in [0.3, 0.4) is 0 Å². The van der Waals surface area contributed by atoms with Gasteiger partial charge in [-0.2, -0.15) is 0 Å². The van der Waals surface area contributed by atoms with E-state index in [2.05, 4.69) is 25.4 Å². The Morgan fingerprint density at radius 2 is 1.87 bits per heavy atom. The van der Waals surface area contributed by atoms with Gasteiger partial charge >= 0.3 is 0 Å². The van der Waals surface area contributed by atoms with E-state index in [0.717, 1.165) is 16.9 Å². The summed E-state index contributed by atoms with van der Waals surface area (Å²) < 4.78 is 3.74. The van der Waals surface area contributed by atoms with Crippen LogP contribution >= 0.6 is 11.5 Å². The second-order valence-corrected chi connectivity index (χ2v) is 5.45. The van der Waals surface area contributed by atoms with Crippen molar-refractivity contribution in [2.75, 3.05) is 0 Å². The molecule has 2 N–H and O–H groups in total. The summed E-state index contributed by atoms with van der Waals surface area (Å²) in [6.07, 6.45) is 0.597. The van der Waals surface area contributed by atoms with Crippen LogP contribution in [0.25, 0.3) is 10.9 Å². The van der Waals surface area contributed by atoms with Gasteiger partial charge in [-0.15, -0.1) is 5.10 Å². The molecule has 0 unspecified atom stereocenters. The molecule has 0 radical (unpaired) electrons. The SMILES string of the molecule is CCc1nnsc1C(=O)NNC(=O)c1ccc2ccccc2n1. The molecule has 0 aliphatic rings. The first-order chi connectivity index (χ1) is 11.2. The highest BCUT2D eigenvalue weighted by molar-refractivity contribution is 7.08. The van der Waals surface area contributed by atoms with Gasteiger partial charge in [0, 0.05) is 5.39 Å². The largest absolute Gasteiger partial charge is 0.288 e. The van der Waals surface area contributed by atoms with Gasteiger partial charge in [-0.1, -0.05) is 35.7 Å². The van der Waals surface area contributed by atoms with Gasteiger partial charge in [0.05, 0.1) is 11.2 Å². The Hall–Kier alpha value is -2.87. The molecule has 2 aromatic heterocycles. The Morgan fingerprint density at radius 3 is 2.70 bits per heavy atom. The normalized spacial score (nSPS) is 10.5. The van der Waals surface area contributed by atoms with Crippen molar-refractivity contribution in [3.05, 3.63) is 52.7 Å². The zero-order valence-corrected chi connectivity index (χ0v) is 13.1. The van der Waals surface area contributed by atoms with Gasteiger partial charge in [-0.05, 0) is 30.1 Å². The minimum absolute atomic E-state index is 0.224. The molecule has 116 valence electrons. The van der Waals surface area contributed by atoms with Crippen molar-refractivity contribution in [3.8, 4) is 0 Å². The number of amides is 2. The van der Waals surface area contributed by atoms with Crippen LogP contribution in [0.5, 0.6) is 0 Å². The van der Waals surface area contributed by atoms with E-state index in [-0.39, 0.29) is 5.69 Å². The molecule has 0 fully saturated rings. The van der Waals surface area contributed by atoms with Crippen LogP contribution in [0.1, 0.15) is 32.8 Å². The minimum atomic E-state index is -0.486. The number of pyridine rings is 1. The molecule has 2 heterocycles. The lowest BCUT2D eigenvalue weighted by Gasteiger charge is -2.06. The molecule has 0 saturated carbocycles. The standard InChI is InChI=1S/C15H13N5O2S/c1-2-10-13(23-20-17-10)15(22)19-18-14(21)12-8-7-9-5-3-4-6-11(9)16-12/h3-8H,2H2,1H3,(H,18,21)(H,19,22). The smallest absolute Gasteiger partial charge is 0.266 e. The molecular formula is C15H13N5O2S. The van der Waals surface area contributed by atoms with Gasteiger partial charge in [0.25, 0.3) is 11.8 Å². The van der Waals surface area contributed by atoms with Crippen LogP contribution in [0.4, 0.5) is 0 Å². The molecule has 2 amide bonds. The zero-order chi connectivity index (χ0) is 16.2. The van der Waals surface area contributed by atoms with Crippen molar-refractivity contribution in [1.29, 1.82) is 0 Å². The average Bonchev–Trinajstić information content (AvgIpc) is 3.07. The van der Waals surface area contributed by atoms with E-state index in [9.17, 15) is 9.59 Å². The summed E-state index contributed by atoms with van der Waals surface area (Å²) >= 11 is 0.992. The molecule has 7 nitrogen and oxygen atoms in total. The Balaban J connectivity index is 1.70. The van der Waals surface area contributed by atoms with Crippen LogP contribution in [0.2, 0.25) is 0 Å². The van der Waals surface area contributed by atoms with Gasteiger partial charge < -0.3 is 0 Å². The number of fused-ring (bicyclic) bond motifs is 1. The number of para-hydroxylation sites is 1. The highest BCUT2D eigenvalue weighted by Crippen LogP contribution is 2.12. The Kier molecular flexibility index (Phi) is 4.24. The van der Waals surface area contributed by atoms with Crippen molar-refractivity contribution < 1.29 is 9.59 Å². The minimum Gasteiger partial charge on any atom is -0.266 e. The van der Waals surface area contributed by atoms with Crippen LogP contribution in [-0.2, 0) is 6.42 Å². The van der Waals surface area contributed by atoms with E-state index in [1.165, 1.54) is 0 Å². The molecule has 0 atom stereocenters. The number of nitrogens with zero attached hydrogens (tertiary/aromatic N) is 3. The lowest BCUT2D eigenvalue weighted by molar-refractivity contribution is 0.0845. The number of benzene rings is 1. The van der Waals surface area contributed by atoms with Crippen molar-refractivity contribution in [3.63, 3.8) is 0 Å². The summed E-state index contributed by atoms with van der Waals surface area (Å²) in [5.41, 5.74) is 6.25. The number of hydrogen-bond acceptors (Lipinski definition) is 6. The van der Waals surface area contributed by atoms with Crippen LogP contribution in [0.15, 0.2) is 36.4 Å². The van der Waals surface area contributed by atoms with Crippen molar-refractivity contribution >= 4 is 34.2 Å². The van der Waals surface area contributed by atoms with E-state index < -0.39 is 11.8 Å². The maximum absolute atomic E-state index is 12.1. The average molecular weight is 327 g/mol. The third-order valence-electron chi connectivity index (χ3n) is 3.22. The lowest BCUT2D eigenvalue weighted by atomic mass is 10.2. The molecule has 0 spiro atoms. The number of carbonyl (C=O) groups is 2. The number of aryl methyl sites for hydroxylation is 1.